The van der Waals surface area contributed by atoms with Crippen LogP contribution in [0.5, 0.6) is 0 Å². The highest BCUT2D eigenvalue weighted by Gasteiger charge is 2.23. The summed E-state index contributed by atoms with van der Waals surface area (Å²) in [5, 5.41) is 3.85. The van der Waals surface area contributed by atoms with Crippen molar-refractivity contribution < 1.29 is 0 Å². The zero-order valence-corrected chi connectivity index (χ0v) is 12.7. The Balaban J connectivity index is 2.12. The van der Waals surface area contributed by atoms with Crippen molar-refractivity contribution in [2.24, 2.45) is 0 Å². The first-order chi connectivity index (χ1) is 9.11. The lowest BCUT2D eigenvalue weighted by Crippen LogP contribution is -2.45. The van der Waals surface area contributed by atoms with Crippen molar-refractivity contribution in [2.75, 3.05) is 39.1 Å². The lowest BCUT2D eigenvalue weighted by molar-refractivity contribution is 0.247. The fourth-order valence-corrected chi connectivity index (χ4v) is 2.98. The Bertz CT molecular complexity index is 424. The van der Waals surface area contributed by atoms with E-state index in [-0.39, 0.29) is 0 Å². The Hall–Kier alpha value is -0.840. The minimum absolute atomic E-state index is 0.499. The summed E-state index contributed by atoms with van der Waals surface area (Å²) in [5.74, 6) is 0.891. The van der Waals surface area contributed by atoms with E-state index in [0.717, 1.165) is 29.5 Å². The highest BCUT2D eigenvalue weighted by atomic mass is 35.5. The van der Waals surface area contributed by atoms with Gasteiger partial charge in [-0.05, 0) is 45.1 Å². The molecule has 1 unspecified atom stereocenters. The van der Waals surface area contributed by atoms with Gasteiger partial charge in [0.25, 0.3) is 0 Å². The minimum Gasteiger partial charge on any atom is -0.354 e. The van der Waals surface area contributed by atoms with Crippen LogP contribution >= 0.6 is 11.6 Å². The van der Waals surface area contributed by atoms with Crippen molar-refractivity contribution in [3.8, 4) is 0 Å². The summed E-state index contributed by atoms with van der Waals surface area (Å²) in [5.41, 5.74) is 1.12. The molecular weight excluding hydrogens is 260 g/mol. The molecule has 0 spiro atoms. The molecule has 0 amide bonds. The molecule has 2 rings (SSSR count). The second kappa shape index (κ2) is 6.55. The number of hydrogen-bond donors (Lipinski definition) is 1. The average molecular weight is 283 g/mol. The van der Waals surface area contributed by atoms with Gasteiger partial charge < -0.3 is 15.1 Å². The molecule has 4 nitrogen and oxygen atoms in total. The predicted molar refractivity (Wildman–Crippen MR) is 80.9 cm³/mol. The van der Waals surface area contributed by atoms with Crippen LogP contribution in [-0.4, -0.2) is 50.2 Å². The van der Waals surface area contributed by atoms with Crippen LogP contribution in [0.4, 0.5) is 5.82 Å². The summed E-state index contributed by atoms with van der Waals surface area (Å²) in [4.78, 5) is 9.12. The van der Waals surface area contributed by atoms with Gasteiger partial charge in [0.2, 0.25) is 0 Å². The van der Waals surface area contributed by atoms with E-state index in [4.69, 9.17) is 11.6 Å². The molecule has 0 saturated carbocycles. The third-order valence-electron chi connectivity index (χ3n) is 3.74. The molecule has 0 aromatic carbocycles. The van der Waals surface area contributed by atoms with Gasteiger partial charge in [-0.15, -0.1) is 0 Å². The van der Waals surface area contributed by atoms with Gasteiger partial charge in [-0.25, -0.2) is 4.98 Å². The van der Waals surface area contributed by atoms with Crippen LogP contribution in [0.3, 0.4) is 0 Å². The summed E-state index contributed by atoms with van der Waals surface area (Å²) in [7, 11) is 6.19. The highest BCUT2D eigenvalue weighted by molar-refractivity contribution is 6.33. The van der Waals surface area contributed by atoms with E-state index in [9.17, 15) is 0 Å². The van der Waals surface area contributed by atoms with Gasteiger partial charge in [-0.1, -0.05) is 11.6 Å². The monoisotopic (exact) mass is 282 g/mol. The molecule has 106 valence electrons. The van der Waals surface area contributed by atoms with Crippen molar-refractivity contribution in [3.05, 3.63) is 22.8 Å². The van der Waals surface area contributed by atoms with Crippen LogP contribution in [0.15, 0.2) is 12.3 Å². The van der Waals surface area contributed by atoms with Gasteiger partial charge in [0.05, 0.1) is 5.02 Å². The van der Waals surface area contributed by atoms with Gasteiger partial charge in [0.1, 0.15) is 5.82 Å². The van der Waals surface area contributed by atoms with E-state index in [1.165, 1.54) is 19.4 Å². The predicted octanol–water partition coefficient (Wildman–Crippen LogP) is 1.98. The number of aromatic nitrogens is 1. The van der Waals surface area contributed by atoms with E-state index >= 15 is 0 Å². The topological polar surface area (TPSA) is 31.4 Å². The number of rotatable bonds is 4. The van der Waals surface area contributed by atoms with Crippen LogP contribution in [0.2, 0.25) is 5.02 Å². The van der Waals surface area contributed by atoms with Crippen LogP contribution in [0.25, 0.3) is 0 Å². The maximum absolute atomic E-state index is 6.37. The molecule has 1 fully saturated rings. The highest BCUT2D eigenvalue weighted by Crippen LogP contribution is 2.27. The molecule has 1 saturated heterocycles. The first kappa shape index (κ1) is 14.6. The summed E-state index contributed by atoms with van der Waals surface area (Å²) in [6.07, 6.45) is 4.35. The summed E-state index contributed by atoms with van der Waals surface area (Å²) >= 11 is 6.37. The lowest BCUT2D eigenvalue weighted by Gasteiger charge is -2.36. The fraction of sp³-hybridized carbons (Fsp3) is 0.643. The lowest BCUT2D eigenvalue weighted by atomic mass is 10.1. The molecule has 5 heteroatoms. The van der Waals surface area contributed by atoms with Crippen molar-refractivity contribution in [2.45, 2.75) is 25.4 Å². The number of nitrogens with one attached hydrogen (secondary N) is 1. The fourth-order valence-electron chi connectivity index (χ4n) is 2.66. The van der Waals surface area contributed by atoms with Crippen LogP contribution < -0.4 is 10.2 Å². The summed E-state index contributed by atoms with van der Waals surface area (Å²) in [6, 6.07) is 2.50. The van der Waals surface area contributed by atoms with E-state index in [1.54, 1.807) is 0 Å². The maximum atomic E-state index is 6.37. The molecule has 1 aliphatic heterocycles. The standard InChI is InChI=1S/C14H23ClN4/c1-16-8-11-7-13(15)14(17-9-11)19(3)12-5-4-6-18(2)10-12/h7,9,12,16H,4-6,8,10H2,1-3H3. The van der Waals surface area contributed by atoms with Crippen molar-refractivity contribution >= 4 is 17.4 Å². The molecule has 2 heterocycles. The number of likely N-dealkylation sites (tertiary alicyclic amines) is 1. The second-order valence-corrected chi connectivity index (χ2v) is 5.76. The molecule has 19 heavy (non-hydrogen) atoms. The normalized spacial score (nSPS) is 20.5. The molecule has 0 aliphatic carbocycles. The zero-order valence-electron chi connectivity index (χ0n) is 12.0. The molecule has 1 N–H and O–H groups in total. The second-order valence-electron chi connectivity index (χ2n) is 5.35. The molecule has 1 aromatic heterocycles. The van der Waals surface area contributed by atoms with Gasteiger partial charge >= 0.3 is 0 Å². The molecule has 0 bridgehead atoms. The van der Waals surface area contributed by atoms with Crippen molar-refractivity contribution in [1.82, 2.24) is 15.2 Å². The number of anilines is 1. The Kier molecular flexibility index (Phi) is 5.02. The Morgan fingerprint density at radius 3 is 3.00 bits per heavy atom. The number of likely N-dealkylation sites (N-methyl/N-ethyl adjacent to an activating group) is 2. The molecule has 0 radical (unpaired) electrons. The van der Waals surface area contributed by atoms with E-state index in [1.807, 2.05) is 19.3 Å². The number of nitrogens with zero attached hydrogens (tertiary/aromatic N) is 3. The minimum atomic E-state index is 0.499. The largest absolute Gasteiger partial charge is 0.354 e. The van der Waals surface area contributed by atoms with Gasteiger partial charge in [0.15, 0.2) is 0 Å². The SMILES string of the molecule is CNCc1cnc(N(C)C2CCCN(C)C2)c(Cl)c1. The number of piperidine rings is 1. The molecule has 1 aliphatic rings. The Labute approximate surface area is 120 Å². The molecular formula is C14H23ClN4. The molecule has 1 aromatic rings. The van der Waals surface area contributed by atoms with Crippen LogP contribution in [-0.2, 0) is 6.54 Å². The van der Waals surface area contributed by atoms with Crippen LogP contribution in [0, 0.1) is 0 Å². The maximum Gasteiger partial charge on any atom is 0.147 e. The summed E-state index contributed by atoms with van der Waals surface area (Å²) < 4.78 is 0. The van der Waals surface area contributed by atoms with Gasteiger partial charge in [-0.2, -0.15) is 0 Å². The third kappa shape index (κ3) is 3.59. The zero-order chi connectivity index (χ0) is 13.8. The smallest absolute Gasteiger partial charge is 0.147 e. The third-order valence-corrected chi connectivity index (χ3v) is 4.02. The van der Waals surface area contributed by atoms with Gasteiger partial charge in [0, 0.05) is 32.4 Å². The van der Waals surface area contributed by atoms with E-state index < -0.39 is 0 Å². The molecule has 1 atom stereocenters. The number of pyridine rings is 1. The number of halogens is 1. The van der Waals surface area contributed by atoms with Crippen molar-refractivity contribution in [1.29, 1.82) is 0 Å². The van der Waals surface area contributed by atoms with Gasteiger partial charge in [-0.3, -0.25) is 0 Å². The Morgan fingerprint density at radius 2 is 2.37 bits per heavy atom. The van der Waals surface area contributed by atoms with Crippen LogP contribution in [0.1, 0.15) is 18.4 Å². The summed E-state index contributed by atoms with van der Waals surface area (Å²) in [6.45, 7) is 3.06. The first-order valence-corrected chi connectivity index (χ1v) is 7.20. The van der Waals surface area contributed by atoms with Crippen molar-refractivity contribution in [3.63, 3.8) is 0 Å². The van der Waals surface area contributed by atoms with E-state index in [0.29, 0.717) is 6.04 Å². The quantitative estimate of drug-likeness (QED) is 0.915. The van der Waals surface area contributed by atoms with E-state index in [2.05, 4.69) is 34.2 Å². The number of hydrogen-bond acceptors (Lipinski definition) is 4. The Morgan fingerprint density at radius 1 is 1.58 bits per heavy atom. The first-order valence-electron chi connectivity index (χ1n) is 6.82. The average Bonchev–Trinajstić information content (AvgIpc) is 2.38.